The lowest BCUT2D eigenvalue weighted by molar-refractivity contribution is -0.122. The molecule has 1 atom stereocenters. The van der Waals surface area contributed by atoms with E-state index in [-0.39, 0.29) is 11.8 Å². The second-order valence-corrected chi connectivity index (χ2v) is 8.99. The molecule has 1 aliphatic heterocycles. The van der Waals surface area contributed by atoms with Gasteiger partial charge in [-0.05, 0) is 38.8 Å². The van der Waals surface area contributed by atoms with Gasteiger partial charge in [-0.3, -0.25) is 9.59 Å². The first-order valence-electron chi connectivity index (χ1n) is 13.0. The lowest BCUT2D eigenvalue weighted by Crippen LogP contribution is -2.34. The van der Waals surface area contributed by atoms with Gasteiger partial charge in [0.2, 0.25) is 11.8 Å². The van der Waals surface area contributed by atoms with Crippen LogP contribution in [0.25, 0.3) is 0 Å². The van der Waals surface area contributed by atoms with Crippen molar-refractivity contribution in [3.63, 3.8) is 0 Å². The summed E-state index contributed by atoms with van der Waals surface area (Å²) in [5.41, 5.74) is 0. The molecule has 0 bridgehead atoms. The third-order valence-electron chi connectivity index (χ3n) is 5.83. The highest BCUT2D eigenvalue weighted by Gasteiger charge is 2.25. The molecule has 0 saturated carbocycles. The molecule has 1 rings (SSSR count). The minimum absolute atomic E-state index is 0.186. The second-order valence-electron chi connectivity index (χ2n) is 8.99. The quantitative estimate of drug-likeness (QED) is 0.193. The van der Waals surface area contributed by atoms with Gasteiger partial charge in [0.1, 0.15) is 0 Å². The van der Waals surface area contributed by atoms with E-state index < -0.39 is 0 Å². The standard InChI is InChI=1S/C25H49N3O3/c1-3-5-7-9-11-15-24(29)26-17-13-19-28(21-23-22-31-23)20-14-18-27-25(30)16-12-10-8-6-4-2/h23H,3-22H2,1-2H3,(H,26,29)(H,27,30). The molecule has 1 unspecified atom stereocenters. The SMILES string of the molecule is CCCCCCCC(=O)NCCCN(CCCNC(=O)CCCCCCC)CC1CO1. The van der Waals surface area contributed by atoms with Gasteiger partial charge in [0.15, 0.2) is 0 Å². The third-order valence-corrected chi connectivity index (χ3v) is 5.83. The molecule has 0 aromatic carbocycles. The van der Waals surface area contributed by atoms with Crippen LogP contribution in [0.4, 0.5) is 0 Å². The fourth-order valence-corrected chi connectivity index (χ4v) is 3.77. The lowest BCUT2D eigenvalue weighted by atomic mass is 10.1. The van der Waals surface area contributed by atoms with Crippen LogP contribution >= 0.6 is 0 Å². The summed E-state index contributed by atoms with van der Waals surface area (Å²) in [6, 6.07) is 0. The maximum atomic E-state index is 11.9. The molecule has 6 nitrogen and oxygen atoms in total. The van der Waals surface area contributed by atoms with Crippen molar-refractivity contribution in [1.29, 1.82) is 0 Å². The number of hydrogen-bond acceptors (Lipinski definition) is 4. The fraction of sp³-hybridized carbons (Fsp3) is 0.920. The highest BCUT2D eigenvalue weighted by molar-refractivity contribution is 5.76. The van der Waals surface area contributed by atoms with E-state index in [0.717, 1.165) is 77.9 Å². The Balaban J connectivity index is 2.04. The molecule has 1 aliphatic rings. The number of rotatable bonds is 22. The van der Waals surface area contributed by atoms with Crippen LogP contribution in [0.5, 0.6) is 0 Å². The first kappa shape index (κ1) is 27.9. The van der Waals surface area contributed by atoms with Gasteiger partial charge < -0.3 is 20.3 Å². The van der Waals surface area contributed by atoms with Crippen LogP contribution in [0, 0.1) is 0 Å². The third kappa shape index (κ3) is 18.2. The Hall–Kier alpha value is -1.14. The van der Waals surface area contributed by atoms with Gasteiger partial charge in [0, 0.05) is 32.5 Å². The molecule has 0 aromatic rings. The Morgan fingerprint density at radius 3 is 1.61 bits per heavy atom. The highest BCUT2D eigenvalue weighted by atomic mass is 16.6. The van der Waals surface area contributed by atoms with Crippen molar-refractivity contribution in [2.75, 3.05) is 39.3 Å². The summed E-state index contributed by atoms with van der Waals surface area (Å²) in [6.07, 6.45) is 15.4. The van der Waals surface area contributed by atoms with Crippen LogP contribution in [-0.2, 0) is 14.3 Å². The number of nitrogens with zero attached hydrogens (tertiary/aromatic N) is 1. The normalized spacial score (nSPS) is 15.3. The number of epoxide rings is 1. The Bertz CT molecular complexity index is 421. The van der Waals surface area contributed by atoms with Crippen molar-refractivity contribution in [2.24, 2.45) is 0 Å². The van der Waals surface area contributed by atoms with E-state index >= 15 is 0 Å². The first-order chi connectivity index (χ1) is 15.2. The van der Waals surface area contributed by atoms with Gasteiger partial charge in [-0.25, -0.2) is 0 Å². The van der Waals surface area contributed by atoms with Crippen LogP contribution in [0.3, 0.4) is 0 Å². The minimum atomic E-state index is 0.186. The fourth-order valence-electron chi connectivity index (χ4n) is 3.77. The molecule has 6 heteroatoms. The van der Waals surface area contributed by atoms with E-state index in [1.807, 2.05) is 0 Å². The van der Waals surface area contributed by atoms with Gasteiger partial charge in [-0.1, -0.05) is 65.2 Å². The summed E-state index contributed by atoms with van der Waals surface area (Å²) in [6.45, 7) is 9.63. The van der Waals surface area contributed by atoms with Crippen LogP contribution < -0.4 is 10.6 Å². The molecule has 1 heterocycles. The zero-order chi connectivity index (χ0) is 22.6. The maximum absolute atomic E-state index is 11.9. The molecule has 2 N–H and O–H groups in total. The predicted octanol–water partition coefficient (Wildman–Crippen LogP) is 4.42. The molecule has 31 heavy (non-hydrogen) atoms. The van der Waals surface area contributed by atoms with Crippen molar-refractivity contribution in [3.05, 3.63) is 0 Å². The largest absolute Gasteiger partial charge is 0.372 e. The van der Waals surface area contributed by atoms with E-state index in [4.69, 9.17) is 4.74 Å². The summed E-state index contributed by atoms with van der Waals surface area (Å²) in [5.74, 6) is 0.372. The molecule has 1 saturated heterocycles. The number of ether oxygens (including phenoxy) is 1. The Kier molecular flexibility index (Phi) is 17.6. The summed E-state index contributed by atoms with van der Waals surface area (Å²) >= 11 is 0. The van der Waals surface area contributed by atoms with Crippen molar-refractivity contribution in [3.8, 4) is 0 Å². The van der Waals surface area contributed by atoms with Gasteiger partial charge in [0.05, 0.1) is 12.7 Å². The number of amides is 2. The molecule has 182 valence electrons. The average molecular weight is 440 g/mol. The van der Waals surface area contributed by atoms with Gasteiger partial charge in [-0.15, -0.1) is 0 Å². The Labute approximate surface area is 191 Å². The molecule has 0 aromatic heterocycles. The summed E-state index contributed by atoms with van der Waals surface area (Å²) in [4.78, 5) is 26.3. The van der Waals surface area contributed by atoms with E-state index in [1.54, 1.807) is 0 Å². The average Bonchev–Trinajstić information content (AvgIpc) is 3.57. The number of hydrogen-bond donors (Lipinski definition) is 2. The molecular formula is C25H49N3O3. The van der Waals surface area contributed by atoms with E-state index in [2.05, 4.69) is 29.4 Å². The molecular weight excluding hydrogens is 390 g/mol. The summed E-state index contributed by atoms with van der Waals surface area (Å²) < 4.78 is 5.39. The molecule has 1 fully saturated rings. The number of unbranched alkanes of at least 4 members (excludes halogenated alkanes) is 8. The highest BCUT2D eigenvalue weighted by Crippen LogP contribution is 2.11. The van der Waals surface area contributed by atoms with Crippen molar-refractivity contribution in [1.82, 2.24) is 15.5 Å². The zero-order valence-electron chi connectivity index (χ0n) is 20.4. The predicted molar refractivity (Wildman–Crippen MR) is 128 cm³/mol. The van der Waals surface area contributed by atoms with E-state index in [9.17, 15) is 9.59 Å². The molecule has 0 aliphatic carbocycles. The van der Waals surface area contributed by atoms with Crippen LogP contribution in [0.15, 0.2) is 0 Å². The Morgan fingerprint density at radius 1 is 0.742 bits per heavy atom. The van der Waals surface area contributed by atoms with Crippen molar-refractivity contribution in [2.45, 2.75) is 110 Å². The topological polar surface area (TPSA) is 74.0 Å². The minimum Gasteiger partial charge on any atom is -0.372 e. The maximum Gasteiger partial charge on any atom is 0.219 e. The summed E-state index contributed by atoms with van der Waals surface area (Å²) in [5, 5.41) is 6.12. The van der Waals surface area contributed by atoms with E-state index in [0.29, 0.717) is 18.9 Å². The van der Waals surface area contributed by atoms with Crippen LogP contribution in [0.2, 0.25) is 0 Å². The number of carbonyl (C=O) groups is 2. The molecule has 0 radical (unpaired) electrons. The number of carbonyl (C=O) groups excluding carboxylic acids is 2. The van der Waals surface area contributed by atoms with Gasteiger partial charge >= 0.3 is 0 Å². The monoisotopic (exact) mass is 439 g/mol. The summed E-state index contributed by atoms with van der Waals surface area (Å²) in [7, 11) is 0. The second kappa shape index (κ2) is 19.5. The van der Waals surface area contributed by atoms with Crippen molar-refractivity contribution < 1.29 is 14.3 Å². The van der Waals surface area contributed by atoms with E-state index in [1.165, 1.54) is 38.5 Å². The Morgan fingerprint density at radius 2 is 1.19 bits per heavy atom. The molecule has 0 spiro atoms. The smallest absolute Gasteiger partial charge is 0.219 e. The molecule has 2 amide bonds. The van der Waals surface area contributed by atoms with Gasteiger partial charge in [-0.2, -0.15) is 0 Å². The van der Waals surface area contributed by atoms with Crippen molar-refractivity contribution >= 4 is 11.8 Å². The number of nitrogens with one attached hydrogen (secondary N) is 2. The lowest BCUT2D eigenvalue weighted by Gasteiger charge is -2.21. The van der Waals surface area contributed by atoms with Gasteiger partial charge in [0.25, 0.3) is 0 Å². The first-order valence-corrected chi connectivity index (χ1v) is 13.0. The van der Waals surface area contributed by atoms with Crippen LogP contribution in [0.1, 0.15) is 104 Å². The van der Waals surface area contributed by atoms with Crippen LogP contribution in [-0.4, -0.2) is 62.1 Å². The zero-order valence-corrected chi connectivity index (χ0v) is 20.4.